The zero-order chi connectivity index (χ0) is 21.3. The van der Waals surface area contributed by atoms with Gasteiger partial charge in [0.05, 0.1) is 12.7 Å². The largest absolute Gasteiger partial charge is 0.310 e. The van der Waals surface area contributed by atoms with Gasteiger partial charge in [0.1, 0.15) is 5.82 Å². The number of piperazine rings is 1. The molecule has 6 nitrogen and oxygen atoms in total. The molecule has 1 N–H and O–H groups in total. The van der Waals surface area contributed by atoms with Crippen molar-refractivity contribution >= 4 is 17.8 Å². The van der Waals surface area contributed by atoms with Gasteiger partial charge < -0.3 is 5.32 Å². The number of nitrogens with zero attached hydrogens (tertiary/aromatic N) is 4. The Bertz CT molecular complexity index is 833. The summed E-state index contributed by atoms with van der Waals surface area (Å²) in [6.07, 6.45) is 12.7. The Morgan fingerprint density at radius 3 is 2.52 bits per heavy atom. The number of carbonyl (C=O) groups excluding carboxylic acids is 1. The van der Waals surface area contributed by atoms with E-state index in [1.807, 2.05) is 16.8 Å². The number of aromatic nitrogens is 2. The number of nitrogens with one attached hydrogen (secondary N) is 1. The van der Waals surface area contributed by atoms with Crippen molar-refractivity contribution < 1.29 is 4.79 Å². The van der Waals surface area contributed by atoms with Crippen molar-refractivity contribution in [3.63, 3.8) is 0 Å². The molecule has 0 radical (unpaired) electrons. The lowest BCUT2D eigenvalue weighted by atomic mass is 9.89. The van der Waals surface area contributed by atoms with Gasteiger partial charge in [-0.05, 0) is 24.3 Å². The number of rotatable bonds is 8. The van der Waals surface area contributed by atoms with Gasteiger partial charge in [-0.2, -0.15) is 5.10 Å². The third-order valence-electron chi connectivity index (χ3n) is 6.45. The van der Waals surface area contributed by atoms with Crippen LogP contribution in [0.1, 0.15) is 37.7 Å². The van der Waals surface area contributed by atoms with Crippen molar-refractivity contribution in [3.8, 4) is 0 Å². The van der Waals surface area contributed by atoms with Gasteiger partial charge in [0.25, 0.3) is 0 Å². The highest BCUT2D eigenvalue weighted by molar-refractivity contribution is 5.91. The van der Waals surface area contributed by atoms with Crippen LogP contribution in [0.5, 0.6) is 0 Å². The van der Waals surface area contributed by atoms with Crippen molar-refractivity contribution in [1.29, 1.82) is 0 Å². The number of hydrogen-bond donors (Lipinski definition) is 1. The van der Waals surface area contributed by atoms with Crippen LogP contribution in [0.3, 0.4) is 0 Å². The first-order chi connectivity index (χ1) is 15.3. The van der Waals surface area contributed by atoms with E-state index in [1.165, 1.54) is 37.7 Å². The molecule has 0 unspecified atom stereocenters. The minimum Gasteiger partial charge on any atom is -0.310 e. The second-order valence-electron chi connectivity index (χ2n) is 8.84. The van der Waals surface area contributed by atoms with Gasteiger partial charge in [0, 0.05) is 45.3 Å². The smallest absolute Gasteiger partial charge is 0.239 e. The summed E-state index contributed by atoms with van der Waals surface area (Å²) in [4.78, 5) is 17.3. The highest BCUT2D eigenvalue weighted by Gasteiger charge is 2.20. The Balaban J connectivity index is 1.17. The van der Waals surface area contributed by atoms with Crippen molar-refractivity contribution in [2.24, 2.45) is 5.92 Å². The van der Waals surface area contributed by atoms with E-state index in [0.717, 1.165) is 45.1 Å². The van der Waals surface area contributed by atoms with Gasteiger partial charge in [0.15, 0.2) is 0 Å². The molecule has 0 spiro atoms. The zero-order valence-corrected chi connectivity index (χ0v) is 18.5. The number of carbonyl (C=O) groups is 1. The predicted molar refractivity (Wildman–Crippen MR) is 126 cm³/mol. The van der Waals surface area contributed by atoms with Crippen molar-refractivity contribution in [2.45, 2.75) is 38.6 Å². The third-order valence-corrected chi connectivity index (χ3v) is 6.45. The molecule has 0 atom stereocenters. The summed E-state index contributed by atoms with van der Waals surface area (Å²) < 4.78 is 1.98. The summed E-state index contributed by atoms with van der Waals surface area (Å²) in [5.41, 5.74) is 1.24. The van der Waals surface area contributed by atoms with E-state index < -0.39 is 0 Å². The zero-order valence-electron chi connectivity index (χ0n) is 18.5. The molecule has 1 aliphatic heterocycles. The quantitative estimate of drug-likeness (QED) is 0.706. The van der Waals surface area contributed by atoms with Gasteiger partial charge in [-0.3, -0.25) is 14.6 Å². The van der Waals surface area contributed by atoms with Crippen LogP contribution in [0.15, 0.2) is 48.7 Å². The summed E-state index contributed by atoms with van der Waals surface area (Å²) in [7, 11) is 0. The SMILES string of the molecule is O=C(CN1CCN(C/C=C/c2ccccc2)CC1)Nc1ccnn1CC1CCCCC1. The lowest BCUT2D eigenvalue weighted by Crippen LogP contribution is -2.48. The molecule has 2 aromatic rings. The van der Waals surface area contributed by atoms with Crippen LogP contribution in [-0.2, 0) is 11.3 Å². The van der Waals surface area contributed by atoms with Crippen LogP contribution >= 0.6 is 0 Å². The average Bonchev–Trinajstić information content (AvgIpc) is 3.22. The lowest BCUT2D eigenvalue weighted by molar-refractivity contribution is -0.117. The molecule has 2 fully saturated rings. The second-order valence-corrected chi connectivity index (χ2v) is 8.84. The maximum atomic E-state index is 12.6. The van der Waals surface area contributed by atoms with Gasteiger partial charge in [-0.15, -0.1) is 0 Å². The molecule has 166 valence electrons. The molecular weight excluding hydrogens is 386 g/mol. The van der Waals surface area contributed by atoms with Crippen LogP contribution in [0, 0.1) is 5.92 Å². The molecular formula is C25H35N5O. The second kappa shape index (κ2) is 11.3. The molecule has 1 saturated heterocycles. The van der Waals surface area contributed by atoms with E-state index in [1.54, 1.807) is 6.20 Å². The molecule has 1 aromatic carbocycles. The van der Waals surface area contributed by atoms with E-state index in [4.69, 9.17) is 0 Å². The normalized spacial score (nSPS) is 19.1. The van der Waals surface area contributed by atoms with Gasteiger partial charge in [-0.25, -0.2) is 4.68 Å². The van der Waals surface area contributed by atoms with Crippen molar-refractivity contribution in [3.05, 3.63) is 54.2 Å². The number of benzene rings is 1. The molecule has 2 heterocycles. The summed E-state index contributed by atoms with van der Waals surface area (Å²) in [6, 6.07) is 12.3. The molecule has 0 bridgehead atoms. The molecule has 6 heteroatoms. The number of amides is 1. The minimum absolute atomic E-state index is 0.0582. The average molecular weight is 422 g/mol. The molecule has 2 aliphatic rings. The molecule has 1 amide bonds. The maximum absolute atomic E-state index is 12.6. The summed E-state index contributed by atoms with van der Waals surface area (Å²) >= 11 is 0. The standard InChI is InChI=1S/C25H35N5O/c31-25(27-24-13-14-26-30(24)20-23-10-5-2-6-11-23)21-29-18-16-28(17-19-29)15-7-12-22-8-3-1-4-9-22/h1,3-4,7-9,12-14,23H,2,5-6,10-11,15-21H2,(H,27,31)/b12-7+. The first-order valence-corrected chi connectivity index (χ1v) is 11.7. The Hall–Kier alpha value is -2.44. The van der Waals surface area contributed by atoms with Crippen LogP contribution < -0.4 is 5.32 Å². The van der Waals surface area contributed by atoms with Gasteiger partial charge >= 0.3 is 0 Å². The van der Waals surface area contributed by atoms with Crippen LogP contribution in [0.4, 0.5) is 5.82 Å². The molecule has 1 saturated carbocycles. The van der Waals surface area contributed by atoms with Crippen LogP contribution in [-0.4, -0.2) is 64.8 Å². The van der Waals surface area contributed by atoms with Crippen LogP contribution in [0.2, 0.25) is 0 Å². The highest BCUT2D eigenvalue weighted by atomic mass is 16.2. The number of anilines is 1. The van der Waals surface area contributed by atoms with Gasteiger partial charge in [-0.1, -0.05) is 61.7 Å². The summed E-state index contributed by atoms with van der Waals surface area (Å²) in [6.45, 7) is 6.15. The Morgan fingerprint density at radius 2 is 1.74 bits per heavy atom. The minimum atomic E-state index is 0.0582. The summed E-state index contributed by atoms with van der Waals surface area (Å²) in [5, 5.41) is 7.53. The highest BCUT2D eigenvalue weighted by Crippen LogP contribution is 2.25. The van der Waals surface area contributed by atoms with Crippen LogP contribution in [0.25, 0.3) is 6.08 Å². The molecule has 1 aliphatic carbocycles. The van der Waals surface area contributed by atoms with Crippen molar-refractivity contribution in [2.75, 3.05) is 44.6 Å². The molecule has 4 rings (SSSR count). The van der Waals surface area contributed by atoms with Crippen molar-refractivity contribution in [1.82, 2.24) is 19.6 Å². The molecule has 31 heavy (non-hydrogen) atoms. The summed E-state index contributed by atoms with van der Waals surface area (Å²) in [5.74, 6) is 1.58. The third kappa shape index (κ3) is 6.77. The number of hydrogen-bond acceptors (Lipinski definition) is 4. The fourth-order valence-electron chi connectivity index (χ4n) is 4.62. The predicted octanol–water partition coefficient (Wildman–Crippen LogP) is 3.73. The maximum Gasteiger partial charge on any atom is 0.239 e. The molecule has 1 aromatic heterocycles. The first-order valence-electron chi connectivity index (χ1n) is 11.7. The lowest BCUT2D eigenvalue weighted by Gasteiger charge is -2.33. The Kier molecular flexibility index (Phi) is 7.91. The fraction of sp³-hybridized carbons (Fsp3) is 0.520. The monoisotopic (exact) mass is 421 g/mol. The topological polar surface area (TPSA) is 53.4 Å². The first kappa shape index (κ1) is 21.8. The van der Waals surface area contributed by atoms with E-state index >= 15 is 0 Å². The fourth-order valence-corrected chi connectivity index (χ4v) is 4.62. The Morgan fingerprint density at radius 1 is 1.00 bits per heavy atom. The van der Waals surface area contributed by atoms with E-state index in [-0.39, 0.29) is 5.91 Å². The van der Waals surface area contributed by atoms with E-state index in [0.29, 0.717) is 12.5 Å². The van der Waals surface area contributed by atoms with E-state index in [2.05, 4.69) is 56.6 Å². The Labute approximate surface area is 185 Å². The van der Waals surface area contributed by atoms with Gasteiger partial charge in [0.2, 0.25) is 5.91 Å². The van der Waals surface area contributed by atoms with E-state index in [9.17, 15) is 4.79 Å².